The number of rotatable bonds is 4. The van der Waals surface area contributed by atoms with Crippen molar-refractivity contribution in [3.05, 3.63) is 34.6 Å². The summed E-state index contributed by atoms with van der Waals surface area (Å²) in [5, 5.41) is 10.5. The molecule has 1 atom stereocenters. The lowest BCUT2D eigenvalue weighted by Gasteiger charge is -2.29. The van der Waals surface area contributed by atoms with Crippen LogP contribution < -0.4 is 0 Å². The second kappa shape index (κ2) is 5.15. The molecule has 0 radical (unpaired) electrons. The standard InChI is InChI=1S/C13H18ClFO/c1-4-13(2,3)12(16)7-9-5-6-10(15)8-11(9)14/h5-6,8,12,16H,4,7H2,1-3H3. The van der Waals surface area contributed by atoms with Crippen molar-refractivity contribution in [1.29, 1.82) is 0 Å². The molecule has 16 heavy (non-hydrogen) atoms. The summed E-state index contributed by atoms with van der Waals surface area (Å²) in [7, 11) is 0. The Labute approximate surface area is 101 Å². The minimum atomic E-state index is -0.472. The lowest BCUT2D eigenvalue weighted by molar-refractivity contribution is 0.0479. The van der Waals surface area contributed by atoms with Crippen LogP contribution in [0.3, 0.4) is 0 Å². The number of aliphatic hydroxyl groups excluding tert-OH is 1. The molecule has 3 heteroatoms. The van der Waals surface area contributed by atoms with Gasteiger partial charge in [0.1, 0.15) is 5.82 Å². The van der Waals surface area contributed by atoms with Gasteiger partial charge in [-0.2, -0.15) is 0 Å². The van der Waals surface area contributed by atoms with Gasteiger partial charge in [0, 0.05) is 11.4 Å². The predicted octanol–water partition coefficient (Wildman–Crippen LogP) is 3.82. The maximum Gasteiger partial charge on any atom is 0.124 e. The molecule has 90 valence electrons. The number of hydrogen-bond acceptors (Lipinski definition) is 1. The highest BCUT2D eigenvalue weighted by molar-refractivity contribution is 6.31. The van der Waals surface area contributed by atoms with Gasteiger partial charge in [0.15, 0.2) is 0 Å². The first-order valence-electron chi connectivity index (χ1n) is 5.49. The minimum absolute atomic E-state index is 0.155. The van der Waals surface area contributed by atoms with Gasteiger partial charge in [0.2, 0.25) is 0 Å². The van der Waals surface area contributed by atoms with Gasteiger partial charge in [-0.25, -0.2) is 4.39 Å². The summed E-state index contributed by atoms with van der Waals surface area (Å²) in [5.41, 5.74) is 0.634. The van der Waals surface area contributed by atoms with E-state index in [0.29, 0.717) is 11.4 Å². The first kappa shape index (κ1) is 13.5. The van der Waals surface area contributed by atoms with E-state index in [1.807, 2.05) is 20.8 Å². The van der Waals surface area contributed by atoms with E-state index in [9.17, 15) is 9.50 Å². The first-order chi connectivity index (χ1) is 7.36. The van der Waals surface area contributed by atoms with Crippen LogP contribution in [0.5, 0.6) is 0 Å². The average Bonchev–Trinajstić information content (AvgIpc) is 2.22. The van der Waals surface area contributed by atoms with Crippen molar-refractivity contribution in [3.8, 4) is 0 Å². The molecule has 0 aliphatic rings. The molecule has 0 aliphatic heterocycles. The van der Waals surface area contributed by atoms with Crippen LogP contribution in [-0.4, -0.2) is 11.2 Å². The van der Waals surface area contributed by atoms with Crippen LogP contribution in [-0.2, 0) is 6.42 Å². The second-order valence-electron chi connectivity index (χ2n) is 4.80. The molecule has 0 aromatic heterocycles. The summed E-state index contributed by atoms with van der Waals surface area (Å²) >= 11 is 5.92. The van der Waals surface area contributed by atoms with Crippen molar-refractivity contribution >= 4 is 11.6 Å². The van der Waals surface area contributed by atoms with Crippen LogP contribution in [0.25, 0.3) is 0 Å². The molecule has 1 aromatic rings. The summed E-state index contributed by atoms with van der Waals surface area (Å²) in [6.45, 7) is 6.06. The largest absolute Gasteiger partial charge is 0.392 e. The smallest absolute Gasteiger partial charge is 0.124 e. The fraction of sp³-hybridized carbons (Fsp3) is 0.538. The molecule has 0 heterocycles. The van der Waals surface area contributed by atoms with Crippen molar-refractivity contribution in [2.24, 2.45) is 5.41 Å². The van der Waals surface area contributed by atoms with E-state index in [2.05, 4.69) is 0 Å². The molecule has 1 rings (SSSR count). The van der Waals surface area contributed by atoms with E-state index in [1.165, 1.54) is 12.1 Å². The number of hydrogen-bond donors (Lipinski definition) is 1. The van der Waals surface area contributed by atoms with E-state index < -0.39 is 6.10 Å². The van der Waals surface area contributed by atoms with E-state index in [0.717, 1.165) is 12.0 Å². The summed E-state index contributed by atoms with van der Waals surface area (Å²) in [6.07, 6.45) is 0.868. The Morgan fingerprint density at radius 2 is 2.06 bits per heavy atom. The summed E-state index contributed by atoms with van der Waals surface area (Å²) in [4.78, 5) is 0. The lowest BCUT2D eigenvalue weighted by atomic mass is 9.81. The van der Waals surface area contributed by atoms with Gasteiger partial charge < -0.3 is 5.11 Å². The number of benzene rings is 1. The molecule has 1 N–H and O–H groups in total. The Hall–Kier alpha value is -0.600. The topological polar surface area (TPSA) is 20.2 Å². The zero-order valence-corrected chi connectivity index (χ0v) is 10.7. The van der Waals surface area contributed by atoms with Gasteiger partial charge >= 0.3 is 0 Å². The Balaban J connectivity index is 2.81. The molecule has 1 unspecified atom stereocenters. The fourth-order valence-electron chi connectivity index (χ4n) is 1.41. The van der Waals surface area contributed by atoms with Crippen LogP contribution in [0.2, 0.25) is 5.02 Å². The molecule has 0 saturated carbocycles. The molecular formula is C13H18ClFO. The highest BCUT2D eigenvalue weighted by atomic mass is 35.5. The molecule has 0 amide bonds. The first-order valence-corrected chi connectivity index (χ1v) is 5.86. The zero-order chi connectivity index (χ0) is 12.3. The summed E-state index contributed by atoms with van der Waals surface area (Å²) in [6, 6.07) is 4.28. The second-order valence-corrected chi connectivity index (χ2v) is 5.20. The third-order valence-corrected chi connectivity index (χ3v) is 3.59. The molecule has 0 aliphatic carbocycles. The average molecular weight is 245 g/mol. The molecule has 0 bridgehead atoms. The van der Waals surface area contributed by atoms with E-state index in [-0.39, 0.29) is 11.2 Å². The Morgan fingerprint density at radius 1 is 1.44 bits per heavy atom. The monoisotopic (exact) mass is 244 g/mol. The van der Waals surface area contributed by atoms with Crippen LogP contribution in [0.4, 0.5) is 4.39 Å². The van der Waals surface area contributed by atoms with Crippen molar-refractivity contribution in [2.45, 2.75) is 39.7 Å². The molecule has 1 aromatic carbocycles. The van der Waals surface area contributed by atoms with Crippen LogP contribution in [0.15, 0.2) is 18.2 Å². The highest BCUT2D eigenvalue weighted by Crippen LogP contribution is 2.29. The molecule has 1 nitrogen and oxygen atoms in total. The van der Waals surface area contributed by atoms with Crippen molar-refractivity contribution < 1.29 is 9.50 Å². The third kappa shape index (κ3) is 3.19. The quantitative estimate of drug-likeness (QED) is 0.854. The van der Waals surface area contributed by atoms with Crippen LogP contribution in [0, 0.1) is 11.2 Å². The van der Waals surface area contributed by atoms with Crippen molar-refractivity contribution in [2.75, 3.05) is 0 Å². The van der Waals surface area contributed by atoms with Gasteiger partial charge in [-0.15, -0.1) is 0 Å². The SMILES string of the molecule is CCC(C)(C)C(O)Cc1ccc(F)cc1Cl. The van der Waals surface area contributed by atoms with E-state index in [1.54, 1.807) is 6.07 Å². The number of aliphatic hydroxyl groups is 1. The Kier molecular flexibility index (Phi) is 4.34. The Bertz CT molecular complexity index is 363. The van der Waals surface area contributed by atoms with Crippen molar-refractivity contribution in [3.63, 3.8) is 0 Å². The number of halogens is 2. The summed E-state index contributed by atoms with van der Waals surface area (Å²) in [5.74, 6) is -0.349. The zero-order valence-electron chi connectivity index (χ0n) is 9.93. The molecule has 0 spiro atoms. The predicted molar refractivity (Wildman–Crippen MR) is 65.2 cm³/mol. The molecule has 0 saturated heterocycles. The van der Waals surface area contributed by atoms with Gasteiger partial charge in [-0.3, -0.25) is 0 Å². The minimum Gasteiger partial charge on any atom is -0.392 e. The molecular weight excluding hydrogens is 227 g/mol. The van der Waals surface area contributed by atoms with E-state index in [4.69, 9.17) is 11.6 Å². The molecule has 0 fully saturated rings. The third-order valence-electron chi connectivity index (χ3n) is 3.24. The van der Waals surface area contributed by atoms with Gasteiger partial charge in [0.25, 0.3) is 0 Å². The summed E-state index contributed by atoms with van der Waals surface area (Å²) < 4.78 is 12.8. The van der Waals surface area contributed by atoms with Crippen molar-refractivity contribution in [1.82, 2.24) is 0 Å². The van der Waals surface area contributed by atoms with Gasteiger partial charge in [0.05, 0.1) is 6.10 Å². The van der Waals surface area contributed by atoms with E-state index >= 15 is 0 Å². The van der Waals surface area contributed by atoms with Crippen LogP contribution >= 0.6 is 11.6 Å². The fourth-order valence-corrected chi connectivity index (χ4v) is 1.65. The van der Waals surface area contributed by atoms with Gasteiger partial charge in [-0.05, 0) is 29.5 Å². The maximum absolute atomic E-state index is 12.8. The normalized spacial score (nSPS) is 13.9. The lowest BCUT2D eigenvalue weighted by Crippen LogP contribution is -2.30. The van der Waals surface area contributed by atoms with Crippen LogP contribution in [0.1, 0.15) is 32.8 Å². The van der Waals surface area contributed by atoms with Gasteiger partial charge in [-0.1, -0.05) is 38.4 Å². The maximum atomic E-state index is 12.8. The Morgan fingerprint density at radius 3 is 2.56 bits per heavy atom. The highest BCUT2D eigenvalue weighted by Gasteiger charge is 2.26.